The van der Waals surface area contributed by atoms with Crippen LogP contribution in [0.5, 0.6) is 11.5 Å². The number of esters is 1. The molecule has 10 nitrogen and oxygen atoms in total. The van der Waals surface area contributed by atoms with Crippen molar-refractivity contribution in [2.24, 2.45) is 0 Å². The van der Waals surface area contributed by atoms with Gasteiger partial charge in [-0.3, -0.25) is 14.9 Å². The molecule has 1 aromatic carbocycles. The molecule has 2 aromatic heterocycles. The van der Waals surface area contributed by atoms with Crippen molar-refractivity contribution in [2.45, 2.75) is 6.54 Å². The maximum Gasteiger partial charge on any atom is 0.339 e. The van der Waals surface area contributed by atoms with Crippen molar-refractivity contribution in [3.63, 3.8) is 0 Å². The minimum atomic E-state index is -0.840. The van der Waals surface area contributed by atoms with E-state index in [9.17, 15) is 19.7 Å². The van der Waals surface area contributed by atoms with Crippen LogP contribution in [0.1, 0.15) is 16.1 Å². The number of thiazole rings is 1. The molecule has 0 bridgehead atoms. The number of rotatable bonds is 7. The number of benzene rings is 1. The second kappa shape index (κ2) is 8.74. The van der Waals surface area contributed by atoms with Crippen LogP contribution in [0.15, 0.2) is 40.6 Å². The van der Waals surface area contributed by atoms with Crippen molar-refractivity contribution in [1.29, 1.82) is 0 Å². The molecule has 156 valence electrons. The molecule has 3 rings (SSSR count). The Hall–Kier alpha value is -3.73. The van der Waals surface area contributed by atoms with Gasteiger partial charge in [0.2, 0.25) is 0 Å². The number of hydrogen-bond donors (Lipinski definition) is 0. The summed E-state index contributed by atoms with van der Waals surface area (Å²) in [5, 5.41) is 13.6. The summed E-state index contributed by atoms with van der Waals surface area (Å²) in [4.78, 5) is 39.1. The number of pyridine rings is 1. The lowest BCUT2D eigenvalue weighted by atomic mass is 10.2. The van der Waals surface area contributed by atoms with Crippen LogP contribution < -0.4 is 15.0 Å². The lowest BCUT2D eigenvalue weighted by Gasteiger charge is -2.08. The fourth-order valence-corrected chi connectivity index (χ4v) is 3.56. The first kappa shape index (κ1) is 21.0. The third kappa shape index (κ3) is 4.15. The number of hydrogen-bond acceptors (Lipinski definition) is 9. The molecule has 0 amide bonds. The fraction of sp³-hybridized carbons (Fsp3) is 0.211. The monoisotopic (exact) mass is 431 g/mol. The highest BCUT2D eigenvalue weighted by Gasteiger charge is 2.21. The van der Waals surface area contributed by atoms with Crippen molar-refractivity contribution in [1.82, 2.24) is 9.55 Å². The van der Waals surface area contributed by atoms with Gasteiger partial charge >= 0.3 is 17.2 Å². The van der Waals surface area contributed by atoms with E-state index >= 15 is 0 Å². The van der Waals surface area contributed by atoms with Crippen LogP contribution in [0.25, 0.3) is 10.6 Å². The summed E-state index contributed by atoms with van der Waals surface area (Å²) in [5.41, 5.74) is -0.366. The fourth-order valence-electron chi connectivity index (χ4n) is 2.75. The van der Waals surface area contributed by atoms with E-state index in [2.05, 4.69) is 9.72 Å². The largest absolute Gasteiger partial charge is 0.493 e. The van der Waals surface area contributed by atoms with Gasteiger partial charge in [0.15, 0.2) is 11.5 Å². The van der Waals surface area contributed by atoms with Gasteiger partial charge in [-0.1, -0.05) is 0 Å². The molecule has 0 spiro atoms. The Balaban J connectivity index is 1.96. The van der Waals surface area contributed by atoms with E-state index in [0.717, 1.165) is 23.3 Å². The number of nitrogens with zero attached hydrogens (tertiary/aromatic N) is 3. The molecule has 11 heteroatoms. The maximum atomic E-state index is 12.4. The zero-order valence-electron chi connectivity index (χ0n) is 16.3. The number of nitro groups is 1. The summed E-state index contributed by atoms with van der Waals surface area (Å²) in [7, 11) is 4.22. The standard InChI is InChI=1S/C19H17N3O7S/c1-27-15-5-4-11(7-16(15)28-2)17-20-13(10-30-17)9-21-8-12(19(24)29-3)6-14(18(21)23)22(25)26/h4-8,10H,9H2,1-3H3. The smallest absolute Gasteiger partial charge is 0.339 e. The van der Waals surface area contributed by atoms with Crippen molar-refractivity contribution >= 4 is 23.0 Å². The van der Waals surface area contributed by atoms with E-state index in [1.54, 1.807) is 24.6 Å². The first-order valence-corrected chi connectivity index (χ1v) is 9.40. The first-order valence-electron chi connectivity index (χ1n) is 8.52. The van der Waals surface area contributed by atoms with E-state index < -0.39 is 22.1 Å². The minimum Gasteiger partial charge on any atom is -0.493 e. The molecule has 30 heavy (non-hydrogen) atoms. The summed E-state index contributed by atoms with van der Waals surface area (Å²) in [6.45, 7) is -0.0473. The quantitative estimate of drug-likeness (QED) is 0.318. The van der Waals surface area contributed by atoms with Crippen molar-refractivity contribution in [2.75, 3.05) is 21.3 Å². The van der Waals surface area contributed by atoms with Crippen molar-refractivity contribution < 1.29 is 23.9 Å². The van der Waals surface area contributed by atoms with Crippen LogP contribution in [-0.2, 0) is 11.3 Å². The van der Waals surface area contributed by atoms with E-state index in [4.69, 9.17) is 9.47 Å². The lowest BCUT2D eigenvalue weighted by molar-refractivity contribution is -0.386. The molecular weight excluding hydrogens is 414 g/mol. The number of ether oxygens (including phenoxy) is 3. The van der Waals surface area contributed by atoms with E-state index in [0.29, 0.717) is 22.2 Å². The maximum absolute atomic E-state index is 12.4. The molecule has 0 aliphatic carbocycles. The minimum absolute atomic E-state index is 0.0473. The Morgan fingerprint density at radius 1 is 1.20 bits per heavy atom. The Morgan fingerprint density at radius 2 is 1.93 bits per heavy atom. The Morgan fingerprint density at radius 3 is 2.57 bits per heavy atom. The second-order valence-electron chi connectivity index (χ2n) is 6.01. The van der Waals surface area contributed by atoms with Gasteiger partial charge in [-0.2, -0.15) is 0 Å². The molecule has 3 aromatic rings. The van der Waals surface area contributed by atoms with Crippen LogP contribution in [0, 0.1) is 10.1 Å². The van der Waals surface area contributed by atoms with Crippen LogP contribution in [-0.4, -0.2) is 41.8 Å². The number of carbonyl (C=O) groups is 1. The van der Waals surface area contributed by atoms with Gasteiger partial charge in [-0.05, 0) is 18.2 Å². The van der Waals surface area contributed by atoms with Gasteiger partial charge in [0.05, 0.1) is 44.1 Å². The summed E-state index contributed by atoms with van der Waals surface area (Å²) < 4.78 is 16.2. The zero-order valence-corrected chi connectivity index (χ0v) is 17.1. The van der Waals surface area contributed by atoms with E-state index in [1.165, 1.54) is 24.6 Å². The molecule has 0 aliphatic rings. The van der Waals surface area contributed by atoms with E-state index in [-0.39, 0.29) is 12.1 Å². The second-order valence-corrected chi connectivity index (χ2v) is 6.87. The molecular formula is C19H17N3O7S. The highest BCUT2D eigenvalue weighted by Crippen LogP contribution is 2.33. The van der Waals surface area contributed by atoms with Crippen LogP contribution >= 0.6 is 11.3 Å². The Bertz CT molecular complexity index is 1170. The van der Waals surface area contributed by atoms with Gasteiger partial charge < -0.3 is 18.8 Å². The Labute approximate surface area is 174 Å². The van der Waals surface area contributed by atoms with Crippen molar-refractivity contribution in [3.8, 4) is 22.1 Å². The summed E-state index contributed by atoms with van der Waals surface area (Å²) in [6.07, 6.45) is 1.22. The topological polar surface area (TPSA) is 123 Å². The summed E-state index contributed by atoms with van der Waals surface area (Å²) in [6, 6.07) is 6.25. The molecule has 0 aliphatic heterocycles. The average molecular weight is 431 g/mol. The van der Waals surface area contributed by atoms with Crippen LogP contribution in [0.3, 0.4) is 0 Å². The van der Waals surface area contributed by atoms with E-state index in [1.807, 2.05) is 6.07 Å². The summed E-state index contributed by atoms with van der Waals surface area (Å²) >= 11 is 1.34. The van der Waals surface area contributed by atoms with Gasteiger partial charge in [0.1, 0.15) is 5.01 Å². The average Bonchev–Trinajstić information content (AvgIpc) is 3.22. The molecule has 0 unspecified atom stereocenters. The van der Waals surface area contributed by atoms with Gasteiger partial charge in [0, 0.05) is 23.2 Å². The molecule has 0 atom stereocenters. The molecule has 0 saturated carbocycles. The normalized spacial score (nSPS) is 10.5. The van der Waals surface area contributed by atoms with Gasteiger partial charge in [0.25, 0.3) is 0 Å². The highest BCUT2D eigenvalue weighted by atomic mass is 32.1. The number of carbonyl (C=O) groups excluding carboxylic acids is 1. The Kier molecular flexibility index (Phi) is 6.11. The first-order chi connectivity index (χ1) is 14.4. The third-order valence-electron chi connectivity index (χ3n) is 4.20. The van der Waals surface area contributed by atoms with Gasteiger partial charge in [-0.15, -0.1) is 11.3 Å². The summed E-state index contributed by atoms with van der Waals surface area (Å²) in [5.74, 6) is 0.344. The van der Waals surface area contributed by atoms with Crippen LogP contribution in [0.2, 0.25) is 0 Å². The molecule has 0 fully saturated rings. The molecule has 0 radical (unpaired) electrons. The number of methoxy groups -OCH3 is 3. The van der Waals surface area contributed by atoms with Crippen LogP contribution in [0.4, 0.5) is 5.69 Å². The molecule has 2 heterocycles. The van der Waals surface area contributed by atoms with Crippen molar-refractivity contribution in [3.05, 3.63) is 67.6 Å². The highest BCUT2D eigenvalue weighted by molar-refractivity contribution is 7.13. The third-order valence-corrected chi connectivity index (χ3v) is 5.14. The SMILES string of the molecule is COC(=O)c1cc([N+](=O)[O-])c(=O)n(Cc2csc(-c3ccc(OC)c(OC)c3)n2)c1. The van der Waals surface area contributed by atoms with Gasteiger partial charge in [-0.25, -0.2) is 9.78 Å². The molecule has 0 saturated heterocycles. The molecule has 0 N–H and O–H groups in total. The predicted molar refractivity (Wildman–Crippen MR) is 108 cm³/mol. The lowest BCUT2D eigenvalue weighted by Crippen LogP contribution is -2.24. The number of aromatic nitrogens is 2. The zero-order chi connectivity index (χ0) is 21.8. The predicted octanol–water partition coefficient (Wildman–Crippen LogP) is 2.73.